The van der Waals surface area contributed by atoms with E-state index in [0.29, 0.717) is 13.2 Å². The van der Waals surface area contributed by atoms with Gasteiger partial charge in [-0.05, 0) is 32.6 Å². The minimum absolute atomic E-state index is 0. The Kier molecular flexibility index (Phi) is 11.5. The molecule has 2 rings (SSSR count). The van der Waals surface area contributed by atoms with Crippen LogP contribution in [-0.4, -0.2) is 61.5 Å². The van der Waals surface area contributed by atoms with Crippen molar-refractivity contribution in [3.63, 3.8) is 0 Å². The number of para-hydroxylation sites is 1. The first-order valence-corrected chi connectivity index (χ1v) is 8.96. The zero-order valence-electron chi connectivity index (χ0n) is 16.4. The zero-order valence-corrected chi connectivity index (χ0v) is 18.7. The van der Waals surface area contributed by atoms with E-state index < -0.39 is 0 Å². The predicted octanol–water partition coefficient (Wildman–Crippen LogP) is 2.20. The smallest absolute Gasteiger partial charge is 0.191 e. The molecule has 0 aliphatic carbocycles. The van der Waals surface area contributed by atoms with Crippen LogP contribution < -0.4 is 15.4 Å². The molecule has 2 aromatic rings. The summed E-state index contributed by atoms with van der Waals surface area (Å²) in [6, 6.07) is 10.0. The number of benzene rings is 1. The van der Waals surface area contributed by atoms with Crippen molar-refractivity contribution in [3.8, 4) is 5.75 Å². The van der Waals surface area contributed by atoms with Crippen LogP contribution in [0.2, 0.25) is 0 Å². The summed E-state index contributed by atoms with van der Waals surface area (Å²) >= 11 is 0. The summed E-state index contributed by atoms with van der Waals surface area (Å²) in [6.45, 7) is 3.95. The number of hydrogen-bond donors (Lipinski definition) is 2. The fourth-order valence-electron chi connectivity index (χ4n) is 2.41. The van der Waals surface area contributed by atoms with Crippen LogP contribution >= 0.6 is 24.0 Å². The first kappa shape index (κ1) is 23.2. The Morgan fingerprint density at radius 3 is 2.74 bits per heavy atom. The fraction of sp³-hybridized carbons (Fsp3) is 0.474. The van der Waals surface area contributed by atoms with Crippen LogP contribution in [0.5, 0.6) is 5.75 Å². The van der Waals surface area contributed by atoms with E-state index in [2.05, 4.69) is 31.7 Å². The van der Waals surface area contributed by atoms with E-state index in [1.807, 2.05) is 49.2 Å². The van der Waals surface area contributed by atoms with Gasteiger partial charge in [0.2, 0.25) is 0 Å². The van der Waals surface area contributed by atoms with E-state index in [1.165, 1.54) is 0 Å². The molecule has 1 aromatic carbocycles. The van der Waals surface area contributed by atoms with Gasteiger partial charge < -0.3 is 20.3 Å². The minimum atomic E-state index is 0. The molecule has 7 nitrogen and oxygen atoms in total. The van der Waals surface area contributed by atoms with Crippen LogP contribution in [0.15, 0.2) is 47.7 Å². The number of hydrogen-bond acceptors (Lipinski definition) is 4. The lowest BCUT2D eigenvalue weighted by Crippen LogP contribution is -2.37. The van der Waals surface area contributed by atoms with Gasteiger partial charge in [0.25, 0.3) is 0 Å². The molecule has 150 valence electrons. The van der Waals surface area contributed by atoms with Gasteiger partial charge >= 0.3 is 0 Å². The molecule has 0 bridgehead atoms. The lowest BCUT2D eigenvalue weighted by molar-refractivity contribution is 0.259. The van der Waals surface area contributed by atoms with Gasteiger partial charge in [0.1, 0.15) is 12.4 Å². The Morgan fingerprint density at radius 2 is 2.04 bits per heavy atom. The Balaban J connectivity index is 0.00000364. The first-order valence-electron chi connectivity index (χ1n) is 8.96. The molecule has 8 heteroatoms. The van der Waals surface area contributed by atoms with Crippen molar-refractivity contribution in [2.75, 3.05) is 40.8 Å². The van der Waals surface area contributed by atoms with Crippen LogP contribution in [0.25, 0.3) is 0 Å². The van der Waals surface area contributed by atoms with Gasteiger partial charge in [-0.1, -0.05) is 18.2 Å². The minimum Gasteiger partial charge on any atom is -0.492 e. The first-order chi connectivity index (χ1) is 12.7. The highest BCUT2D eigenvalue weighted by Gasteiger charge is 2.05. The molecule has 0 saturated carbocycles. The lowest BCUT2D eigenvalue weighted by atomic mass is 10.2. The van der Waals surface area contributed by atoms with Crippen LogP contribution in [0.4, 0.5) is 0 Å². The zero-order chi connectivity index (χ0) is 18.6. The Bertz CT molecular complexity index is 660. The van der Waals surface area contributed by atoms with Crippen LogP contribution in [0.1, 0.15) is 12.0 Å². The van der Waals surface area contributed by atoms with Crippen LogP contribution in [0, 0.1) is 0 Å². The number of halogens is 1. The highest BCUT2D eigenvalue weighted by atomic mass is 127. The molecule has 0 unspecified atom stereocenters. The Morgan fingerprint density at radius 1 is 1.22 bits per heavy atom. The second-order valence-corrected chi connectivity index (χ2v) is 6.23. The summed E-state index contributed by atoms with van der Waals surface area (Å²) in [6.07, 6.45) is 4.75. The molecule has 0 aliphatic heterocycles. The number of aliphatic imine (C=N–C) groups is 1. The van der Waals surface area contributed by atoms with Crippen LogP contribution in [0.3, 0.4) is 0 Å². The second kappa shape index (κ2) is 13.4. The van der Waals surface area contributed by atoms with Crippen molar-refractivity contribution in [3.05, 3.63) is 48.3 Å². The number of aryl methyl sites for hydroxylation is 1. The third kappa shape index (κ3) is 9.09. The number of guanidine groups is 1. The number of aromatic nitrogens is 2. The molecule has 1 heterocycles. The maximum Gasteiger partial charge on any atom is 0.191 e. The summed E-state index contributed by atoms with van der Waals surface area (Å²) in [5.74, 6) is 1.70. The van der Waals surface area contributed by atoms with Gasteiger partial charge in [0, 0.05) is 51.2 Å². The maximum absolute atomic E-state index is 5.90. The molecule has 1 aromatic heterocycles. The van der Waals surface area contributed by atoms with Gasteiger partial charge in [0.05, 0.1) is 0 Å². The Hall–Kier alpha value is -1.81. The van der Waals surface area contributed by atoms with Gasteiger partial charge in [-0.15, -0.1) is 24.0 Å². The van der Waals surface area contributed by atoms with Crippen molar-refractivity contribution in [2.45, 2.75) is 19.5 Å². The van der Waals surface area contributed by atoms with Crippen molar-refractivity contribution in [1.82, 2.24) is 25.3 Å². The van der Waals surface area contributed by atoms with Crippen molar-refractivity contribution in [1.29, 1.82) is 0 Å². The summed E-state index contributed by atoms with van der Waals surface area (Å²) in [5.41, 5.74) is 1.12. The van der Waals surface area contributed by atoms with E-state index in [1.54, 1.807) is 13.2 Å². The molecular weight excluding hydrogens is 455 g/mol. The standard InChI is InChI=1S/C19H30N6O.HI/c1-20-19(21-10-6-12-25-13-7-11-23-25)22-16-17-8-4-5-9-18(17)26-15-14-24(2)3;/h4-5,7-9,11,13H,6,10,12,14-16H2,1-3H3,(H2,20,21,22);1H. The lowest BCUT2D eigenvalue weighted by Gasteiger charge is -2.16. The number of rotatable bonds is 10. The highest BCUT2D eigenvalue weighted by molar-refractivity contribution is 14.0. The Labute approximate surface area is 179 Å². The number of likely N-dealkylation sites (N-methyl/N-ethyl adjacent to an activating group) is 1. The quantitative estimate of drug-likeness (QED) is 0.233. The SMILES string of the molecule is CN=C(NCCCn1cccn1)NCc1ccccc1OCCN(C)C.I. The van der Waals surface area contributed by atoms with E-state index in [9.17, 15) is 0 Å². The van der Waals surface area contributed by atoms with E-state index in [-0.39, 0.29) is 24.0 Å². The normalized spacial score (nSPS) is 11.2. The van der Waals surface area contributed by atoms with Crippen molar-refractivity contribution >= 4 is 29.9 Å². The molecule has 0 amide bonds. The monoisotopic (exact) mass is 486 g/mol. The molecule has 0 saturated heterocycles. The average molecular weight is 486 g/mol. The number of ether oxygens (including phenoxy) is 1. The molecule has 0 spiro atoms. The fourth-order valence-corrected chi connectivity index (χ4v) is 2.41. The topological polar surface area (TPSA) is 66.7 Å². The van der Waals surface area contributed by atoms with Crippen molar-refractivity contribution < 1.29 is 4.74 Å². The number of nitrogens with zero attached hydrogens (tertiary/aromatic N) is 4. The van der Waals surface area contributed by atoms with Crippen LogP contribution in [-0.2, 0) is 13.1 Å². The second-order valence-electron chi connectivity index (χ2n) is 6.23. The molecular formula is C19H31IN6O. The third-order valence-electron chi connectivity index (χ3n) is 3.85. The van der Waals surface area contributed by atoms with Gasteiger partial charge in [-0.2, -0.15) is 5.10 Å². The van der Waals surface area contributed by atoms with E-state index >= 15 is 0 Å². The van der Waals surface area contributed by atoms with Crippen molar-refractivity contribution in [2.24, 2.45) is 4.99 Å². The molecule has 0 aliphatic rings. The average Bonchev–Trinajstić information content (AvgIpc) is 3.15. The maximum atomic E-state index is 5.90. The van der Waals surface area contributed by atoms with Gasteiger partial charge in [-0.25, -0.2) is 0 Å². The summed E-state index contributed by atoms with van der Waals surface area (Å²) in [5, 5.41) is 10.9. The molecule has 0 atom stereocenters. The molecule has 0 fully saturated rings. The third-order valence-corrected chi connectivity index (χ3v) is 3.85. The van der Waals surface area contributed by atoms with E-state index in [4.69, 9.17) is 4.74 Å². The highest BCUT2D eigenvalue weighted by Crippen LogP contribution is 2.17. The van der Waals surface area contributed by atoms with Gasteiger partial charge in [-0.3, -0.25) is 9.67 Å². The van der Waals surface area contributed by atoms with E-state index in [0.717, 1.165) is 43.3 Å². The number of nitrogens with one attached hydrogen (secondary N) is 2. The molecule has 27 heavy (non-hydrogen) atoms. The summed E-state index contributed by atoms with van der Waals surface area (Å²) in [4.78, 5) is 6.38. The van der Waals surface area contributed by atoms with Gasteiger partial charge in [0.15, 0.2) is 5.96 Å². The summed E-state index contributed by atoms with van der Waals surface area (Å²) in [7, 11) is 5.86. The summed E-state index contributed by atoms with van der Waals surface area (Å²) < 4.78 is 7.83. The molecule has 0 radical (unpaired) electrons. The molecule has 2 N–H and O–H groups in total. The predicted molar refractivity (Wildman–Crippen MR) is 121 cm³/mol. The largest absolute Gasteiger partial charge is 0.492 e.